The van der Waals surface area contributed by atoms with E-state index in [1.807, 2.05) is 4.68 Å². The highest BCUT2D eigenvalue weighted by Gasteiger charge is 2.25. The molecule has 134 valence electrons. The fraction of sp³-hybridized carbons (Fsp3) is 0.263. The van der Waals surface area contributed by atoms with Crippen LogP contribution in [0.5, 0.6) is 0 Å². The van der Waals surface area contributed by atoms with Gasteiger partial charge in [0.15, 0.2) is 3.95 Å². The van der Waals surface area contributed by atoms with Gasteiger partial charge in [-0.2, -0.15) is 0 Å². The van der Waals surface area contributed by atoms with E-state index in [4.69, 9.17) is 12.2 Å². The van der Waals surface area contributed by atoms with Crippen LogP contribution in [0.3, 0.4) is 0 Å². The van der Waals surface area contributed by atoms with Crippen LogP contribution >= 0.6 is 23.6 Å². The number of aryl methyl sites for hydroxylation is 1. The highest BCUT2D eigenvalue weighted by atomic mass is 32.1. The van der Waals surface area contributed by atoms with Gasteiger partial charge in [-0.3, -0.25) is 4.90 Å². The molecule has 0 aliphatic heterocycles. The Morgan fingerprint density at radius 2 is 2.04 bits per heavy atom. The minimum absolute atomic E-state index is 0.257. The van der Waals surface area contributed by atoms with E-state index in [2.05, 4.69) is 46.6 Å². The maximum absolute atomic E-state index is 13.0. The van der Waals surface area contributed by atoms with Crippen LogP contribution in [0.25, 0.3) is 0 Å². The third kappa shape index (κ3) is 3.56. The summed E-state index contributed by atoms with van der Waals surface area (Å²) in [5, 5.41) is 8.47. The van der Waals surface area contributed by atoms with Crippen molar-refractivity contribution >= 4 is 34.4 Å². The van der Waals surface area contributed by atoms with Gasteiger partial charge in [-0.05, 0) is 67.5 Å². The first-order chi connectivity index (χ1) is 12.6. The van der Waals surface area contributed by atoms with E-state index in [0.29, 0.717) is 21.8 Å². The lowest BCUT2D eigenvalue weighted by atomic mass is 10.1. The fourth-order valence-corrected chi connectivity index (χ4v) is 4.42. The molecule has 1 heterocycles. The van der Waals surface area contributed by atoms with Crippen LogP contribution in [0.2, 0.25) is 0 Å². The zero-order valence-electron chi connectivity index (χ0n) is 14.4. The lowest BCUT2D eigenvalue weighted by Gasteiger charge is -2.24. The van der Waals surface area contributed by atoms with Crippen LogP contribution in [0.1, 0.15) is 23.6 Å². The Morgan fingerprint density at radius 3 is 2.85 bits per heavy atom. The normalized spacial score (nSPS) is 16.0. The van der Waals surface area contributed by atoms with Gasteiger partial charge < -0.3 is 5.32 Å². The Balaban J connectivity index is 1.48. The Labute approximate surface area is 160 Å². The molecule has 0 fully saturated rings. The highest BCUT2D eigenvalue weighted by molar-refractivity contribution is 7.73. The molecule has 1 atom stereocenters. The second-order valence-electron chi connectivity index (χ2n) is 6.46. The van der Waals surface area contributed by atoms with Gasteiger partial charge in [-0.1, -0.05) is 35.6 Å². The van der Waals surface area contributed by atoms with Gasteiger partial charge in [-0.15, -0.1) is 5.10 Å². The average molecular weight is 387 g/mol. The molecule has 0 spiro atoms. The van der Waals surface area contributed by atoms with Crippen molar-refractivity contribution in [2.75, 3.05) is 12.4 Å². The zero-order chi connectivity index (χ0) is 18.1. The average Bonchev–Trinajstić information content (AvgIpc) is 3.21. The van der Waals surface area contributed by atoms with Gasteiger partial charge in [-0.25, -0.2) is 9.07 Å². The van der Waals surface area contributed by atoms with Crippen molar-refractivity contribution in [1.82, 2.24) is 14.7 Å². The van der Waals surface area contributed by atoms with Crippen LogP contribution in [-0.4, -0.2) is 21.7 Å². The van der Waals surface area contributed by atoms with E-state index in [0.717, 1.165) is 18.5 Å². The summed E-state index contributed by atoms with van der Waals surface area (Å²) < 4.78 is 15.6. The second kappa shape index (κ2) is 7.26. The van der Waals surface area contributed by atoms with Gasteiger partial charge in [0.25, 0.3) is 0 Å². The van der Waals surface area contributed by atoms with E-state index in [1.54, 1.807) is 12.1 Å². The quantitative estimate of drug-likeness (QED) is 0.616. The molecular weight excluding hydrogens is 367 g/mol. The Kier molecular flexibility index (Phi) is 4.84. The summed E-state index contributed by atoms with van der Waals surface area (Å²) in [6.45, 7) is 0.638. The summed E-state index contributed by atoms with van der Waals surface area (Å²) in [5.41, 5.74) is 3.63. The largest absolute Gasteiger partial charge is 0.330 e. The van der Waals surface area contributed by atoms with Gasteiger partial charge in [0.2, 0.25) is 5.13 Å². The summed E-state index contributed by atoms with van der Waals surface area (Å²) in [5.74, 6) is -0.257. The van der Waals surface area contributed by atoms with Crippen LogP contribution < -0.4 is 5.32 Å². The predicted octanol–water partition coefficient (Wildman–Crippen LogP) is 5.13. The van der Waals surface area contributed by atoms with Crippen molar-refractivity contribution in [2.24, 2.45) is 0 Å². The molecule has 0 saturated heterocycles. The van der Waals surface area contributed by atoms with Crippen molar-refractivity contribution in [3.63, 3.8) is 0 Å². The van der Waals surface area contributed by atoms with Crippen LogP contribution in [0.15, 0.2) is 48.5 Å². The van der Waals surface area contributed by atoms with E-state index in [1.165, 1.54) is 34.6 Å². The molecule has 0 saturated carbocycles. The number of hydrogen-bond donors (Lipinski definition) is 1. The molecule has 0 radical (unpaired) electrons. The fourth-order valence-electron chi connectivity index (χ4n) is 3.41. The zero-order valence-corrected chi connectivity index (χ0v) is 16.0. The number of fused-ring (bicyclic) bond motifs is 1. The molecule has 1 unspecified atom stereocenters. The Morgan fingerprint density at radius 1 is 1.27 bits per heavy atom. The lowest BCUT2D eigenvalue weighted by molar-refractivity contribution is 0.183. The molecule has 2 aromatic carbocycles. The lowest BCUT2D eigenvalue weighted by Crippen LogP contribution is -2.26. The maximum atomic E-state index is 13.0. The molecule has 0 bridgehead atoms. The topological polar surface area (TPSA) is 33.1 Å². The van der Waals surface area contributed by atoms with Gasteiger partial charge in [0.05, 0.1) is 6.67 Å². The van der Waals surface area contributed by atoms with Gasteiger partial charge >= 0.3 is 0 Å². The SMILES string of the molecule is CN(Cn1nc(Nc2ccc(F)cc2)sc1=S)C1CCc2ccccc21. The van der Waals surface area contributed by atoms with E-state index in [9.17, 15) is 4.39 Å². The Bertz CT molecular complexity index is 964. The molecule has 4 rings (SSSR count). The van der Waals surface area contributed by atoms with Gasteiger partial charge in [0, 0.05) is 11.7 Å². The first kappa shape index (κ1) is 17.3. The molecule has 4 nitrogen and oxygen atoms in total. The third-order valence-corrected chi connectivity index (χ3v) is 5.92. The summed E-state index contributed by atoms with van der Waals surface area (Å²) in [6.07, 6.45) is 2.24. The van der Waals surface area contributed by atoms with Crippen molar-refractivity contribution < 1.29 is 4.39 Å². The number of benzene rings is 2. The summed E-state index contributed by atoms with van der Waals surface area (Å²) in [6, 6.07) is 15.2. The van der Waals surface area contributed by atoms with Crippen LogP contribution in [0, 0.1) is 9.77 Å². The standard InChI is InChI=1S/C19H19FN4S2/c1-23(17-11-6-13-4-2-3-5-16(13)17)12-24-19(25)26-18(22-24)21-15-9-7-14(20)8-10-15/h2-5,7-10,17H,6,11-12H2,1H3,(H,21,22). The number of halogens is 1. The number of aromatic nitrogens is 2. The predicted molar refractivity (Wildman–Crippen MR) is 106 cm³/mol. The number of rotatable bonds is 5. The summed E-state index contributed by atoms with van der Waals surface area (Å²) in [7, 11) is 2.11. The van der Waals surface area contributed by atoms with Crippen molar-refractivity contribution in [3.05, 3.63) is 69.4 Å². The van der Waals surface area contributed by atoms with Crippen molar-refractivity contribution in [3.8, 4) is 0 Å². The molecule has 1 aromatic heterocycles. The first-order valence-electron chi connectivity index (χ1n) is 8.49. The number of anilines is 2. The van der Waals surface area contributed by atoms with E-state index in [-0.39, 0.29) is 5.82 Å². The van der Waals surface area contributed by atoms with Crippen molar-refractivity contribution in [2.45, 2.75) is 25.6 Å². The molecule has 0 amide bonds. The molecule has 1 aliphatic rings. The maximum Gasteiger partial charge on any atom is 0.209 e. The number of hydrogen-bond acceptors (Lipinski definition) is 5. The molecular formula is C19H19FN4S2. The smallest absolute Gasteiger partial charge is 0.209 e. The second-order valence-corrected chi connectivity index (χ2v) is 8.08. The summed E-state index contributed by atoms with van der Waals surface area (Å²) >= 11 is 6.89. The molecule has 26 heavy (non-hydrogen) atoms. The number of nitrogens with zero attached hydrogens (tertiary/aromatic N) is 3. The molecule has 1 N–H and O–H groups in total. The first-order valence-corrected chi connectivity index (χ1v) is 9.71. The Hall–Kier alpha value is -2.09. The molecule has 3 aromatic rings. The van der Waals surface area contributed by atoms with E-state index >= 15 is 0 Å². The number of nitrogens with one attached hydrogen (secondary N) is 1. The monoisotopic (exact) mass is 386 g/mol. The molecule has 1 aliphatic carbocycles. The van der Waals surface area contributed by atoms with Crippen LogP contribution in [0.4, 0.5) is 15.2 Å². The van der Waals surface area contributed by atoms with Gasteiger partial charge in [0.1, 0.15) is 5.82 Å². The van der Waals surface area contributed by atoms with Crippen molar-refractivity contribution in [1.29, 1.82) is 0 Å². The summed E-state index contributed by atoms with van der Waals surface area (Å²) in [4.78, 5) is 2.29. The van der Waals surface area contributed by atoms with E-state index < -0.39 is 0 Å². The molecule has 7 heteroatoms. The third-order valence-electron chi connectivity index (χ3n) is 4.69. The highest BCUT2D eigenvalue weighted by Crippen LogP contribution is 2.35. The minimum atomic E-state index is -0.257. The van der Waals surface area contributed by atoms with Crippen LogP contribution in [-0.2, 0) is 13.1 Å². The minimum Gasteiger partial charge on any atom is -0.330 e.